The minimum absolute atomic E-state index is 0.0946. The zero-order valence-electron chi connectivity index (χ0n) is 15.1. The number of piperazine rings is 1. The summed E-state index contributed by atoms with van der Waals surface area (Å²) in [5, 5.41) is 7.43. The zero-order chi connectivity index (χ0) is 19.2. The zero-order valence-corrected chi connectivity index (χ0v) is 15.9. The maximum absolute atomic E-state index is 12.8. The number of nitrogens with one attached hydrogen (secondary N) is 2. The van der Waals surface area contributed by atoms with E-state index in [0.29, 0.717) is 48.9 Å². The van der Waals surface area contributed by atoms with Gasteiger partial charge in [-0.25, -0.2) is 4.79 Å². The molecule has 1 aliphatic rings. The molecule has 4 amide bonds. The first-order chi connectivity index (χ1) is 13.1. The van der Waals surface area contributed by atoms with Gasteiger partial charge in [-0.15, -0.1) is 11.3 Å². The molecule has 0 spiro atoms. The quantitative estimate of drug-likeness (QED) is 0.847. The number of thiophene rings is 1. The molecule has 2 heterocycles. The second-order valence-corrected chi connectivity index (χ2v) is 7.07. The van der Waals surface area contributed by atoms with Gasteiger partial charge in [0, 0.05) is 44.0 Å². The molecule has 0 unspecified atom stereocenters. The molecule has 142 valence electrons. The SMILES string of the molecule is CCNC(=O)N1CCN(C(=O)c2cccc(NC(=O)c3cccs3)c2)CC1. The highest BCUT2D eigenvalue weighted by molar-refractivity contribution is 7.12. The van der Waals surface area contributed by atoms with Gasteiger partial charge in [0.1, 0.15) is 0 Å². The predicted octanol–water partition coefficient (Wildman–Crippen LogP) is 2.49. The van der Waals surface area contributed by atoms with Gasteiger partial charge >= 0.3 is 6.03 Å². The smallest absolute Gasteiger partial charge is 0.317 e. The number of hydrogen-bond donors (Lipinski definition) is 2. The molecule has 0 radical (unpaired) electrons. The lowest BCUT2D eigenvalue weighted by Gasteiger charge is -2.34. The van der Waals surface area contributed by atoms with Crippen molar-refractivity contribution in [3.63, 3.8) is 0 Å². The summed E-state index contributed by atoms with van der Waals surface area (Å²) < 4.78 is 0. The van der Waals surface area contributed by atoms with Crippen LogP contribution in [0.5, 0.6) is 0 Å². The minimum Gasteiger partial charge on any atom is -0.338 e. The fraction of sp³-hybridized carbons (Fsp3) is 0.316. The molecule has 0 atom stereocenters. The summed E-state index contributed by atoms with van der Waals surface area (Å²) >= 11 is 1.36. The highest BCUT2D eigenvalue weighted by Gasteiger charge is 2.24. The number of nitrogens with zero attached hydrogens (tertiary/aromatic N) is 2. The molecular formula is C19H22N4O3S. The lowest BCUT2D eigenvalue weighted by atomic mass is 10.1. The van der Waals surface area contributed by atoms with Crippen molar-refractivity contribution in [1.29, 1.82) is 0 Å². The molecule has 3 rings (SSSR count). The fourth-order valence-corrected chi connectivity index (χ4v) is 3.51. The van der Waals surface area contributed by atoms with Crippen LogP contribution in [0.25, 0.3) is 0 Å². The lowest BCUT2D eigenvalue weighted by Crippen LogP contribution is -2.53. The van der Waals surface area contributed by atoms with E-state index in [0.717, 1.165) is 0 Å². The number of hydrogen-bond acceptors (Lipinski definition) is 4. The summed E-state index contributed by atoms with van der Waals surface area (Å²) in [6.45, 7) is 4.45. The summed E-state index contributed by atoms with van der Waals surface area (Å²) in [6.07, 6.45) is 0. The first-order valence-electron chi connectivity index (χ1n) is 8.85. The van der Waals surface area contributed by atoms with E-state index in [-0.39, 0.29) is 17.8 Å². The Hall–Kier alpha value is -2.87. The number of carbonyl (C=O) groups is 3. The summed E-state index contributed by atoms with van der Waals surface area (Å²) in [7, 11) is 0. The number of rotatable bonds is 4. The monoisotopic (exact) mass is 386 g/mol. The Balaban J connectivity index is 1.61. The molecule has 1 fully saturated rings. The third kappa shape index (κ3) is 4.65. The maximum Gasteiger partial charge on any atom is 0.317 e. The second-order valence-electron chi connectivity index (χ2n) is 6.13. The Morgan fingerprint density at radius 3 is 2.44 bits per heavy atom. The van der Waals surface area contributed by atoms with E-state index in [2.05, 4.69) is 10.6 Å². The van der Waals surface area contributed by atoms with Gasteiger partial charge < -0.3 is 20.4 Å². The van der Waals surface area contributed by atoms with Crippen LogP contribution in [0.1, 0.15) is 27.0 Å². The van der Waals surface area contributed by atoms with E-state index in [1.54, 1.807) is 40.1 Å². The molecular weight excluding hydrogens is 364 g/mol. The van der Waals surface area contributed by atoms with E-state index in [1.165, 1.54) is 11.3 Å². The van der Waals surface area contributed by atoms with Crippen molar-refractivity contribution in [2.75, 3.05) is 38.0 Å². The Kier molecular flexibility index (Phi) is 6.08. The number of benzene rings is 1. The lowest BCUT2D eigenvalue weighted by molar-refractivity contribution is 0.0665. The van der Waals surface area contributed by atoms with Crippen LogP contribution < -0.4 is 10.6 Å². The van der Waals surface area contributed by atoms with E-state index < -0.39 is 0 Å². The third-order valence-corrected chi connectivity index (χ3v) is 5.16. The topological polar surface area (TPSA) is 81.8 Å². The molecule has 1 saturated heterocycles. The molecule has 0 aliphatic carbocycles. The Morgan fingerprint density at radius 2 is 1.78 bits per heavy atom. The number of urea groups is 1. The van der Waals surface area contributed by atoms with Crippen LogP contribution in [0.4, 0.5) is 10.5 Å². The van der Waals surface area contributed by atoms with Crippen molar-refractivity contribution >= 4 is 34.9 Å². The normalized spacial score (nSPS) is 14.0. The van der Waals surface area contributed by atoms with Crippen molar-refractivity contribution < 1.29 is 14.4 Å². The third-order valence-electron chi connectivity index (χ3n) is 4.29. The highest BCUT2D eigenvalue weighted by Crippen LogP contribution is 2.17. The first kappa shape index (κ1) is 18.9. The average molecular weight is 386 g/mol. The van der Waals surface area contributed by atoms with Crippen molar-refractivity contribution in [2.24, 2.45) is 0 Å². The fourth-order valence-electron chi connectivity index (χ4n) is 2.89. The molecule has 1 aromatic heterocycles. The molecule has 1 aliphatic heterocycles. The van der Waals surface area contributed by atoms with Gasteiger partial charge in [0.25, 0.3) is 11.8 Å². The van der Waals surface area contributed by atoms with E-state index >= 15 is 0 Å². The maximum atomic E-state index is 12.8. The predicted molar refractivity (Wildman–Crippen MR) is 105 cm³/mol. The van der Waals surface area contributed by atoms with Crippen LogP contribution in [-0.4, -0.2) is 60.4 Å². The molecule has 0 bridgehead atoms. The Labute approximate surface area is 162 Å². The van der Waals surface area contributed by atoms with Crippen LogP contribution in [0.2, 0.25) is 0 Å². The molecule has 2 N–H and O–H groups in total. The summed E-state index contributed by atoms with van der Waals surface area (Å²) in [4.78, 5) is 40.9. The molecule has 2 aromatic rings. The van der Waals surface area contributed by atoms with E-state index in [9.17, 15) is 14.4 Å². The van der Waals surface area contributed by atoms with E-state index in [4.69, 9.17) is 0 Å². The van der Waals surface area contributed by atoms with Gasteiger partial charge in [-0.05, 0) is 36.6 Å². The first-order valence-corrected chi connectivity index (χ1v) is 9.73. The van der Waals surface area contributed by atoms with Gasteiger partial charge in [0.2, 0.25) is 0 Å². The van der Waals surface area contributed by atoms with Crippen molar-refractivity contribution in [2.45, 2.75) is 6.92 Å². The summed E-state index contributed by atoms with van der Waals surface area (Å²) in [5.74, 6) is -0.289. The number of anilines is 1. The summed E-state index contributed by atoms with van der Waals surface area (Å²) in [6, 6.07) is 10.4. The van der Waals surface area contributed by atoms with Gasteiger partial charge in [-0.1, -0.05) is 12.1 Å². The number of carbonyl (C=O) groups excluding carboxylic acids is 3. The minimum atomic E-state index is -0.190. The van der Waals surface area contributed by atoms with Crippen LogP contribution in [-0.2, 0) is 0 Å². The van der Waals surface area contributed by atoms with Gasteiger partial charge in [-0.3, -0.25) is 9.59 Å². The second kappa shape index (κ2) is 8.68. The van der Waals surface area contributed by atoms with Crippen LogP contribution in [0.3, 0.4) is 0 Å². The van der Waals surface area contributed by atoms with Gasteiger partial charge in [0.05, 0.1) is 4.88 Å². The molecule has 7 nitrogen and oxygen atoms in total. The Bertz CT molecular complexity index is 814. The van der Waals surface area contributed by atoms with Crippen LogP contribution >= 0.6 is 11.3 Å². The molecule has 8 heteroatoms. The van der Waals surface area contributed by atoms with Crippen molar-refractivity contribution in [3.8, 4) is 0 Å². The Morgan fingerprint density at radius 1 is 1.04 bits per heavy atom. The molecule has 0 saturated carbocycles. The summed E-state index contributed by atoms with van der Waals surface area (Å²) in [5.41, 5.74) is 1.10. The largest absolute Gasteiger partial charge is 0.338 e. The average Bonchev–Trinajstić information content (AvgIpc) is 3.23. The molecule has 27 heavy (non-hydrogen) atoms. The standard InChI is InChI=1S/C19H22N4O3S/c1-2-20-19(26)23-10-8-22(9-11-23)18(25)14-5-3-6-15(13-14)21-17(24)16-7-4-12-27-16/h3-7,12-13H,2,8-11H2,1H3,(H,20,26)(H,21,24). The van der Waals surface area contributed by atoms with Crippen molar-refractivity contribution in [3.05, 3.63) is 52.2 Å². The van der Waals surface area contributed by atoms with E-state index in [1.807, 2.05) is 18.4 Å². The number of amides is 4. The van der Waals surface area contributed by atoms with Gasteiger partial charge in [0.15, 0.2) is 0 Å². The highest BCUT2D eigenvalue weighted by atomic mass is 32.1. The van der Waals surface area contributed by atoms with Crippen LogP contribution in [0, 0.1) is 0 Å². The molecule has 1 aromatic carbocycles. The van der Waals surface area contributed by atoms with Crippen molar-refractivity contribution in [1.82, 2.24) is 15.1 Å². The van der Waals surface area contributed by atoms with Crippen LogP contribution in [0.15, 0.2) is 41.8 Å². The van der Waals surface area contributed by atoms with Gasteiger partial charge in [-0.2, -0.15) is 0 Å².